The van der Waals surface area contributed by atoms with Crippen LogP contribution in [0, 0.1) is 0 Å². The molecule has 8 heteroatoms. The Bertz CT molecular complexity index is 947. The van der Waals surface area contributed by atoms with Crippen LogP contribution in [0.5, 0.6) is 11.5 Å². The number of ether oxygens (including phenoxy) is 5. The second kappa shape index (κ2) is 14.6. The molecule has 3 rings (SSSR count). The van der Waals surface area contributed by atoms with Gasteiger partial charge in [0.15, 0.2) is 0 Å². The number of carbonyl (C=O) groups excluding carboxylic acids is 1. The molecule has 0 saturated heterocycles. The van der Waals surface area contributed by atoms with Crippen molar-refractivity contribution in [2.45, 2.75) is 19.7 Å². The van der Waals surface area contributed by atoms with E-state index in [1.54, 1.807) is 25.3 Å². The molecule has 0 aliphatic heterocycles. The Morgan fingerprint density at radius 2 is 1.31 bits per heavy atom. The van der Waals surface area contributed by atoms with Gasteiger partial charge in [-0.3, -0.25) is 9.88 Å². The van der Waals surface area contributed by atoms with E-state index in [-0.39, 0.29) is 13.2 Å². The number of hydrogen-bond acceptors (Lipinski definition) is 7. The predicted molar refractivity (Wildman–Crippen MR) is 131 cm³/mol. The molecule has 0 bridgehead atoms. The molecule has 0 aliphatic rings. The van der Waals surface area contributed by atoms with Crippen molar-refractivity contribution < 1.29 is 28.5 Å². The van der Waals surface area contributed by atoms with Gasteiger partial charge in [0, 0.05) is 19.3 Å². The summed E-state index contributed by atoms with van der Waals surface area (Å²) in [6.07, 6.45) is 1.32. The molecule has 35 heavy (non-hydrogen) atoms. The van der Waals surface area contributed by atoms with Crippen LogP contribution in [0.4, 0.5) is 4.79 Å². The van der Waals surface area contributed by atoms with Crippen LogP contribution < -0.4 is 9.47 Å². The zero-order chi connectivity index (χ0) is 24.7. The van der Waals surface area contributed by atoms with Crippen LogP contribution in [-0.2, 0) is 33.9 Å². The van der Waals surface area contributed by atoms with Crippen LogP contribution in [0.15, 0.2) is 72.9 Å². The van der Waals surface area contributed by atoms with E-state index in [1.165, 1.54) is 0 Å². The maximum Gasteiger partial charge on any atom is 0.410 e. The van der Waals surface area contributed by atoms with Crippen LogP contribution in [0.3, 0.4) is 0 Å². The van der Waals surface area contributed by atoms with E-state index >= 15 is 0 Å². The Kier molecular flexibility index (Phi) is 10.8. The Morgan fingerprint density at radius 3 is 1.86 bits per heavy atom. The molecule has 1 aromatic heterocycles. The highest BCUT2D eigenvalue weighted by Crippen LogP contribution is 2.17. The first-order chi connectivity index (χ1) is 17.2. The standard InChI is InChI=1S/C27H32N2O6/c1-31-25-10-6-22(7-11-25)19-29(20-23-8-12-26(32-2)13-9-23)27(30)35-18-17-33-15-16-34-21-24-5-3-4-14-28-24/h3-14H,15-21H2,1-2H3. The van der Waals surface area contributed by atoms with Crippen molar-refractivity contribution in [1.82, 2.24) is 9.88 Å². The highest BCUT2D eigenvalue weighted by atomic mass is 16.6. The largest absolute Gasteiger partial charge is 0.497 e. The lowest BCUT2D eigenvalue weighted by atomic mass is 10.1. The minimum Gasteiger partial charge on any atom is -0.497 e. The Hall–Kier alpha value is -3.62. The maximum atomic E-state index is 12.9. The summed E-state index contributed by atoms with van der Waals surface area (Å²) < 4.78 is 27.0. The highest BCUT2D eigenvalue weighted by molar-refractivity contribution is 5.67. The number of aromatic nitrogens is 1. The molecule has 0 atom stereocenters. The third-order valence-corrected chi connectivity index (χ3v) is 5.12. The van der Waals surface area contributed by atoms with Gasteiger partial charge in [0.05, 0.1) is 46.3 Å². The van der Waals surface area contributed by atoms with E-state index in [4.69, 9.17) is 23.7 Å². The van der Waals surface area contributed by atoms with E-state index < -0.39 is 6.09 Å². The number of hydrogen-bond donors (Lipinski definition) is 0. The predicted octanol–water partition coefficient (Wildman–Crippen LogP) is 4.47. The second-order valence-electron chi connectivity index (χ2n) is 7.65. The fourth-order valence-electron chi connectivity index (χ4n) is 3.25. The van der Waals surface area contributed by atoms with Crippen LogP contribution in [0.25, 0.3) is 0 Å². The van der Waals surface area contributed by atoms with Crippen LogP contribution in [0.1, 0.15) is 16.8 Å². The van der Waals surface area contributed by atoms with Gasteiger partial charge < -0.3 is 23.7 Å². The summed E-state index contributed by atoms with van der Waals surface area (Å²) >= 11 is 0. The molecule has 0 spiro atoms. The summed E-state index contributed by atoms with van der Waals surface area (Å²) in [5, 5.41) is 0. The zero-order valence-corrected chi connectivity index (χ0v) is 20.2. The van der Waals surface area contributed by atoms with Crippen LogP contribution in [-0.4, -0.2) is 56.6 Å². The lowest BCUT2D eigenvalue weighted by molar-refractivity contribution is 0.0163. The second-order valence-corrected chi connectivity index (χ2v) is 7.65. The average molecular weight is 481 g/mol. The first-order valence-electron chi connectivity index (χ1n) is 11.4. The van der Waals surface area contributed by atoms with E-state index in [2.05, 4.69) is 4.98 Å². The summed E-state index contributed by atoms with van der Waals surface area (Å²) in [6, 6.07) is 20.9. The van der Waals surface area contributed by atoms with Crippen molar-refractivity contribution >= 4 is 6.09 Å². The van der Waals surface area contributed by atoms with Gasteiger partial charge in [-0.25, -0.2) is 4.79 Å². The molecule has 0 N–H and O–H groups in total. The number of benzene rings is 2. The fraction of sp³-hybridized carbons (Fsp3) is 0.333. The third kappa shape index (κ3) is 9.27. The van der Waals surface area contributed by atoms with E-state index in [0.29, 0.717) is 32.9 Å². The zero-order valence-electron chi connectivity index (χ0n) is 20.2. The summed E-state index contributed by atoms with van der Waals surface area (Å²) in [5.74, 6) is 1.53. The molecule has 0 saturated carbocycles. The molecule has 1 heterocycles. The van der Waals surface area contributed by atoms with Gasteiger partial charge in [-0.15, -0.1) is 0 Å². The fourth-order valence-corrected chi connectivity index (χ4v) is 3.25. The van der Waals surface area contributed by atoms with Crippen molar-refractivity contribution in [2.24, 2.45) is 0 Å². The van der Waals surface area contributed by atoms with Gasteiger partial charge in [0.2, 0.25) is 0 Å². The molecule has 8 nitrogen and oxygen atoms in total. The lowest BCUT2D eigenvalue weighted by Crippen LogP contribution is -2.31. The summed E-state index contributed by atoms with van der Waals surface area (Å²) in [4.78, 5) is 18.7. The molecular formula is C27H32N2O6. The molecule has 3 aromatic rings. The van der Waals surface area contributed by atoms with Gasteiger partial charge in [-0.2, -0.15) is 0 Å². The topological polar surface area (TPSA) is 79.4 Å². The minimum atomic E-state index is -0.411. The van der Waals surface area contributed by atoms with Crippen molar-refractivity contribution in [3.05, 3.63) is 89.7 Å². The van der Waals surface area contributed by atoms with Crippen molar-refractivity contribution in [2.75, 3.05) is 40.6 Å². The van der Waals surface area contributed by atoms with Crippen LogP contribution >= 0.6 is 0 Å². The normalized spacial score (nSPS) is 10.6. The van der Waals surface area contributed by atoms with Crippen LogP contribution in [0.2, 0.25) is 0 Å². The minimum absolute atomic E-state index is 0.154. The van der Waals surface area contributed by atoms with E-state index in [9.17, 15) is 4.79 Å². The Balaban J connectivity index is 1.44. The SMILES string of the molecule is COc1ccc(CN(Cc2ccc(OC)cc2)C(=O)OCCOCCOCc2ccccn2)cc1. The van der Waals surface area contributed by atoms with E-state index in [0.717, 1.165) is 28.3 Å². The molecule has 2 aromatic carbocycles. The lowest BCUT2D eigenvalue weighted by Gasteiger charge is -2.23. The first-order valence-corrected chi connectivity index (χ1v) is 11.4. The first kappa shape index (κ1) is 26.0. The number of carbonyl (C=O) groups is 1. The van der Waals surface area contributed by atoms with Gasteiger partial charge in [-0.1, -0.05) is 30.3 Å². The summed E-state index contributed by atoms with van der Waals surface area (Å²) in [5.41, 5.74) is 2.81. The number of rotatable bonds is 14. The quantitative estimate of drug-likeness (QED) is 0.315. The van der Waals surface area contributed by atoms with Crippen molar-refractivity contribution in [1.29, 1.82) is 0 Å². The molecule has 0 fully saturated rings. The van der Waals surface area contributed by atoms with Gasteiger partial charge in [0.25, 0.3) is 0 Å². The molecule has 1 amide bonds. The van der Waals surface area contributed by atoms with Gasteiger partial charge in [0.1, 0.15) is 18.1 Å². The van der Waals surface area contributed by atoms with Gasteiger partial charge >= 0.3 is 6.09 Å². The summed E-state index contributed by atoms with van der Waals surface area (Å²) in [6.45, 7) is 2.52. The smallest absolute Gasteiger partial charge is 0.410 e. The Labute approximate surface area is 206 Å². The molecule has 0 aliphatic carbocycles. The third-order valence-electron chi connectivity index (χ3n) is 5.12. The highest BCUT2D eigenvalue weighted by Gasteiger charge is 2.16. The summed E-state index contributed by atoms with van der Waals surface area (Å²) in [7, 11) is 3.24. The van der Waals surface area contributed by atoms with Gasteiger partial charge in [-0.05, 0) is 47.5 Å². The van der Waals surface area contributed by atoms with Crippen molar-refractivity contribution in [3.63, 3.8) is 0 Å². The van der Waals surface area contributed by atoms with E-state index in [1.807, 2.05) is 66.7 Å². The molecule has 186 valence electrons. The number of nitrogens with zero attached hydrogens (tertiary/aromatic N) is 2. The number of amides is 1. The average Bonchev–Trinajstić information content (AvgIpc) is 2.91. The Morgan fingerprint density at radius 1 is 0.743 bits per heavy atom. The molecule has 0 radical (unpaired) electrons. The maximum absolute atomic E-state index is 12.9. The van der Waals surface area contributed by atoms with Crippen molar-refractivity contribution in [3.8, 4) is 11.5 Å². The monoisotopic (exact) mass is 480 g/mol. The molecular weight excluding hydrogens is 448 g/mol. The number of methoxy groups -OCH3 is 2. The number of pyridine rings is 1. The molecule has 0 unspecified atom stereocenters.